The van der Waals surface area contributed by atoms with Crippen molar-refractivity contribution in [3.63, 3.8) is 0 Å². The van der Waals surface area contributed by atoms with Crippen molar-refractivity contribution < 1.29 is 4.74 Å². The van der Waals surface area contributed by atoms with Crippen molar-refractivity contribution in [2.24, 2.45) is 0 Å². The van der Waals surface area contributed by atoms with E-state index in [-0.39, 0.29) is 5.41 Å². The minimum atomic E-state index is -0.123. The zero-order valence-electron chi connectivity index (χ0n) is 10.9. The van der Waals surface area contributed by atoms with E-state index in [0.717, 1.165) is 20.6 Å². The van der Waals surface area contributed by atoms with Crippen LogP contribution in [-0.2, 0) is 5.41 Å². The lowest BCUT2D eigenvalue weighted by Crippen LogP contribution is -2.16. The Morgan fingerprint density at radius 2 is 1.63 bits per heavy atom. The zero-order chi connectivity index (χ0) is 14.0. The fraction of sp³-hybridized carbons (Fsp3) is 0.286. The maximum absolute atomic E-state index is 5.75. The molecule has 1 heterocycles. The van der Waals surface area contributed by atoms with Crippen LogP contribution in [0.5, 0.6) is 11.6 Å². The second-order valence-corrected chi connectivity index (χ2v) is 6.89. The van der Waals surface area contributed by atoms with Gasteiger partial charge < -0.3 is 4.74 Å². The number of nitrogens with zero attached hydrogens (tertiary/aromatic N) is 2. The van der Waals surface area contributed by atoms with E-state index in [1.165, 1.54) is 0 Å². The van der Waals surface area contributed by atoms with Gasteiger partial charge in [0.2, 0.25) is 5.88 Å². The molecule has 0 fully saturated rings. The van der Waals surface area contributed by atoms with Crippen LogP contribution in [0.1, 0.15) is 26.6 Å². The van der Waals surface area contributed by atoms with Crippen molar-refractivity contribution in [3.05, 3.63) is 45.2 Å². The molecule has 2 rings (SSSR count). The first-order chi connectivity index (χ1) is 8.84. The summed E-state index contributed by atoms with van der Waals surface area (Å²) in [4.78, 5) is 8.83. The van der Waals surface area contributed by atoms with Crippen molar-refractivity contribution in [3.8, 4) is 11.6 Å². The highest BCUT2D eigenvalue weighted by Crippen LogP contribution is 2.27. The highest BCUT2D eigenvalue weighted by atomic mass is 79.9. The number of benzene rings is 1. The minimum absolute atomic E-state index is 0.123. The molecule has 0 aliphatic rings. The molecule has 0 amide bonds. The van der Waals surface area contributed by atoms with Crippen LogP contribution in [0.4, 0.5) is 0 Å². The predicted octanol–water partition coefficient (Wildman–Crippen LogP) is 5.09. The third-order valence-electron chi connectivity index (χ3n) is 2.38. The van der Waals surface area contributed by atoms with Crippen LogP contribution in [0.3, 0.4) is 0 Å². The zero-order valence-corrected chi connectivity index (χ0v) is 14.1. The average molecular weight is 386 g/mol. The smallest absolute Gasteiger partial charge is 0.223 e. The van der Waals surface area contributed by atoms with E-state index < -0.39 is 0 Å². The van der Waals surface area contributed by atoms with Gasteiger partial charge in [-0.1, -0.05) is 36.7 Å². The summed E-state index contributed by atoms with van der Waals surface area (Å²) in [6, 6.07) is 9.39. The highest BCUT2D eigenvalue weighted by molar-refractivity contribution is 9.10. The molecule has 0 aliphatic carbocycles. The van der Waals surface area contributed by atoms with Crippen molar-refractivity contribution in [2.75, 3.05) is 0 Å². The number of hydrogen-bond acceptors (Lipinski definition) is 3. The van der Waals surface area contributed by atoms with E-state index in [2.05, 4.69) is 62.6 Å². The lowest BCUT2D eigenvalue weighted by Gasteiger charge is -2.17. The molecule has 0 atom stereocenters. The van der Waals surface area contributed by atoms with Crippen LogP contribution in [0.25, 0.3) is 0 Å². The molecule has 1 aromatic carbocycles. The van der Waals surface area contributed by atoms with E-state index in [0.29, 0.717) is 5.88 Å². The second kappa shape index (κ2) is 5.59. The Morgan fingerprint density at radius 1 is 1.00 bits per heavy atom. The van der Waals surface area contributed by atoms with Gasteiger partial charge in [0.25, 0.3) is 0 Å². The molecule has 3 nitrogen and oxygen atoms in total. The van der Waals surface area contributed by atoms with E-state index in [9.17, 15) is 0 Å². The van der Waals surface area contributed by atoms with Gasteiger partial charge in [-0.25, -0.2) is 4.98 Å². The van der Waals surface area contributed by atoms with Gasteiger partial charge in [0.1, 0.15) is 16.2 Å². The summed E-state index contributed by atoms with van der Waals surface area (Å²) in [6.45, 7) is 6.20. The fourth-order valence-corrected chi connectivity index (χ4v) is 2.04. The highest BCUT2D eigenvalue weighted by Gasteiger charge is 2.19. The van der Waals surface area contributed by atoms with Gasteiger partial charge in [-0.3, -0.25) is 0 Å². The molecule has 1 aromatic heterocycles. The number of aromatic nitrogens is 2. The number of hydrogen-bond donors (Lipinski definition) is 0. The minimum Gasteiger partial charge on any atom is -0.439 e. The lowest BCUT2D eigenvalue weighted by molar-refractivity contribution is 0.444. The molecule has 2 aromatic rings. The topological polar surface area (TPSA) is 35.0 Å². The van der Waals surface area contributed by atoms with Crippen LogP contribution in [0.2, 0.25) is 0 Å². The van der Waals surface area contributed by atoms with E-state index in [1.54, 1.807) is 6.07 Å². The SMILES string of the molecule is CC(C)(C)c1nc(Br)cc(Oc2ccc(Br)cc2)n1. The van der Waals surface area contributed by atoms with Gasteiger partial charge in [0.15, 0.2) is 0 Å². The summed E-state index contributed by atoms with van der Waals surface area (Å²) in [7, 11) is 0. The summed E-state index contributed by atoms with van der Waals surface area (Å²) < 4.78 is 7.48. The van der Waals surface area contributed by atoms with E-state index >= 15 is 0 Å². The summed E-state index contributed by atoms with van der Waals surface area (Å²) in [5.74, 6) is 2.02. The van der Waals surface area contributed by atoms with Crippen LogP contribution < -0.4 is 4.74 Å². The summed E-state index contributed by atoms with van der Waals surface area (Å²) in [5.41, 5.74) is -0.123. The van der Waals surface area contributed by atoms with Crippen LogP contribution >= 0.6 is 31.9 Å². The van der Waals surface area contributed by atoms with E-state index in [1.807, 2.05) is 24.3 Å². The van der Waals surface area contributed by atoms with Gasteiger partial charge in [-0.2, -0.15) is 4.98 Å². The van der Waals surface area contributed by atoms with Gasteiger partial charge >= 0.3 is 0 Å². The molecule has 19 heavy (non-hydrogen) atoms. The molecule has 0 unspecified atom stereocenters. The number of rotatable bonds is 2. The van der Waals surface area contributed by atoms with Crippen LogP contribution in [-0.4, -0.2) is 9.97 Å². The molecule has 5 heteroatoms. The Hall–Kier alpha value is -0.940. The van der Waals surface area contributed by atoms with Crippen molar-refractivity contribution >= 4 is 31.9 Å². The summed E-state index contributed by atoms with van der Waals surface area (Å²) in [5, 5.41) is 0. The first-order valence-corrected chi connectivity index (χ1v) is 7.42. The molecule has 0 saturated heterocycles. The van der Waals surface area contributed by atoms with Gasteiger partial charge in [0, 0.05) is 16.0 Å². The standard InChI is InChI=1S/C14H14Br2N2O/c1-14(2,3)13-17-11(16)8-12(18-13)19-10-6-4-9(15)5-7-10/h4-8H,1-3H3. The second-order valence-electron chi connectivity index (χ2n) is 5.16. The Labute approximate surface area is 129 Å². The number of halogens is 2. The molecule has 0 aliphatic heterocycles. The molecule has 0 radical (unpaired) electrons. The van der Waals surface area contributed by atoms with Crippen molar-refractivity contribution in [2.45, 2.75) is 26.2 Å². The summed E-state index contributed by atoms with van der Waals surface area (Å²) in [6.07, 6.45) is 0. The van der Waals surface area contributed by atoms with Gasteiger partial charge in [-0.15, -0.1) is 0 Å². The van der Waals surface area contributed by atoms with Crippen molar-refractivity contribution in [1.82, 2.24) is 9.97 Å². The Kier molecular flexibility index (Phi) is 4.26. The molecule has 0 N–H and O–H groups in total. The molecule has 100 valence electrons. The quantitative estimate of drug-likeness (QED) is 0.675. The first kappa shape index (κ1) is 14.5. The third kappa shape index (κ3) is 4.01. The molecule has 0 saturated carbocycles. The maximum Gasteiger partial charge on any atom is 0.223 e. The lowest BCUT2D eigenvalue weighted by atomic mass is 9.96. The first-order valence-electron chi connectivity index (χ1n) is 5.83. The van der Waals surface area contributed by atoms with Crippen LogP contribution in [0.15, 0.2) is 39.4 Å². The number of ether oxygens (including phenoxy) is 1. The van der Waals surface area contributed by atoms with Gasteiger partial charge in [-0.05, 0) is 40.2 Å². The third-order valence-corrected chi connectivity index (χ3v) is 3.31. The Balaban J connectivity index is 2.30. The predicted molar refractivity (Wildman–Crippen MR) is 82.6 cm³/mol. The largest absolute Gasteiger partial charge is 0.439 e. The Morgan fingerprint density at radius 3 is 2.21 bits per heavy atom. The van der Waals surface area contributed by atoms with Gasteiger partial charge in [0.05, 0.1) is 0 Å². The monoisotopic (exact) mass is 384 g/mol. The Bertz CT molecular complexity index is 577. The van der Waals surface area contributed by atoms with Crippen molar-refractivity contribution in [1.29, 1.82) is 0 Å². The maximum atomic E-state index is 5.75. The fourth-order valence-electron chi connectivity index (χ4n) is 1.41. The van der Waals surface area contributed by atoms with E-state index in [4.69, 9.17) is 4.74 Å². The molecule has 0 bridgehead atoms. The molecular formula is C14H14Br2N2O. The molecule has 0 spiro atoms. The normalized spacial score (nSPS) is 11.4. The summed E-state index contributed by atoms with van der Waals surface area (Å²) >= 11 is 6.78. The van der Waals surface area contributed by atoms with Crippen LogP contribution in [0, 0.1) is 0 Å². The molecular weight excluding hydrogens is 372 g/mol. The average Bonchev–Trinajstić information content (AvgIpc) is 2.30.